The van der Waals surface area contributed by atoms with Crippen LogP contribution in [0.1, 0.15) is 0 Å². The Labute approximate surface area is 47.5 Å². The van der Waals surface area contributed by atoms with Crippen molar-refractivity contribution in [1.82, 2.24) is 0 Å². The van der Waals surface area contributed by atoms with Crippen molar-refractivity contribution in [3.63, 3.8) is 0 Å². The van der Waals surface area contributed by atoms with Crippen LogP contribution in [0.3, 0.4) is 0 Å². The smallest absolute Gasteiger partial charge is 0.458 e. The fraction of sp³-hybridized carbons (Fsp3) is 0.667. The summed E-state index contributed by atoms with van der Waals surface area (Å²) < 4.78 is 9.12. The largest absolute Gasteiger partial charge is 0.527 e. The Balaban J connectivity index is 2.56. The minimum atomic E-state index is -2.17. The summed E-state index contributed by atoms with van der Waals surface area (Å²) in [7, 11) is -2.17. The topological polar surface area (TPSA) is 44.8 Å². The number of hydrogen-bond donors (Lipinski definition) is 0. The van der Waals surface area contributed by atoms with E-state index in [1.165, 1.54) is 0 Å². The van der Waals surface area contributed by atoms with Gasteiger partial charge in [-0.2, -0.15) is 4.58 Å². The van der Waals surface area contributed by atoms with Crippen molar-refractivity contribution in [3.8, 4) is 0 Å². The summed E-state index contributed by atoms with van der Waals surface area (Å²) in [5.41, 5.74) is 0. The molecule has 1 fully saturated rings. The molecule has 1 aliphatic rings. The predicted molar refractivity (Wildman–Crippen MR) is 26.1 cm³/mol. The second-order valence-corrected chi connectivity index (χ2v) is 5.09. The van der Waals surface area contributed by atoms with Crippen LogP contribution in [0.15, 0.2) is 0 Å². The van der Waals surface area contributed by atoms with Crippen molar-refractivity contribution in [2.45, 2.75) is 13.1 Å². The molecule has 0 aromatic heterocycles. The molecule has 1 saturated heterocycles. The molecule has 1 aliphatic heterocycles. The third-order valence-electron chi connectivity index (χ3n) is 0.640. The van der Waals surface area contributed by atoms with E-state index in [-0.39, 0.29) is 0 Å². The van der Waals surface area contributed by atoms with Crippen molar-refractivity contribution in [1.29, 1.82) is 0 Å². The van der Waals surface area contributed by atoms with Crippen molar-refractivity contribution >= 4 is 14.7 Å². The fourth-order valence-corrected chi connectivity index (χ4v) is 1.11. The van der Waals surface area contributed by atoms with Gasteiger partial charge in [0.15, 0.2) is 0 Å². The standard InChI is InChI=1S/C3H6O4Si/c1-8(2)6-3(4)5-7-8/h1-2H3. The molecule has 0 unspecified atom stereocenters. The number of hydrogen-bond acceptors (Lipinski definition) is 4. The Morgan fingerprint density at radius 2 is 2.12 bits per heavy atom. The minimum absolute atomic E-state index is 0.721. The molecule has 0 aromatic rings. The van der Waals surface area contributed by atoms with Crippen LogP contribution >= 0.6 is 0 Å². The van der Waals surface area contributed by atoms with Gasteiger partial charge in [0.05, 0.1) is 0 Å². The number of carbonyl (C=O) groups excluding carboxylic acids is 1. The Kier molecular flexibility index (Phi) is 1.02. The van der Waals surface area contributed by atoms with Gasteiger partial charge in [0.2, 0.25) is 0 Å². The molecule has 8 heavy (non-hydrogen) atoms. The lowest BCUT2D eigenvalue weighted by atomic mass is 11.4. The zero-order chi connectivity index (χ0) is 6.20. The van der Waals surface area contributed by atoms with E-state index in [2.05, 4.69) is 13.9 Å². The van der Waals surface area contributed by atoms with Crippen molar-refractivity contribution in [3.05, 3.63) is 0 Å². The van der Waals surface area contributed by atoms with Gasteiger partial charge in [0.1, 0.15) is 0 Å². The maximum atomic E-state index is 10.1. The lowest BCUT2D eigenvalue weighted by Gasteiger charge is -2.02. The molecular formula is C3H6O4Si. The predicted octanol–water partition coefficient (Wildman–Crippen LogP) is 0.787. The number of carbonyl (C=O) groups is 1. The van der Waals surface area contributed by atoms with Crippen LogP contribution < -0.4 is 0 Å². The first-order valence-corrected chi connectivity index (χ1v) is 5.00. The molecule has 1 rings (SSSR count). The molecule has 1 heterocycles. The highest BCUT2D eigenvalue weighted by atomic mass is 28.4. The first kappa shape index (κ1) is 5.58. The van der Waals surface area contributed by atoms with Crippen LogP contribution in [0, 0.1) is 0 Å². The summed E-state index contributed by atoms with van der Waals surface area (Å²) in [5, 5.41) is 0. The van der Waals surface area contributed by atoms with E-state index >= 15 is 0 Å². The molecule has 4 nitrogen and oxygen atoms in total. The normalized spacial score (nSPS) is 24.5. The third-order valence-corrected chi connectivity index (χ3v) is 1.78. The van der Waals surface area contributed by atoms with Gasteiger partial charge in [-0.3, -0.25) is 4.89 Å². The van der Waals surface area contributed by atoms with Gasteiger partial charge in [-0.1, -0.05) is 0 Å². The van der Waals surface area contributed by atoms with Crippen LogP contribution in [0.25, 0.3) is 0 Å². The Morgan fingerprint density at radius 1 is 1.50 bits per heavy atom. The van der Waals surface area contributed by atoms with E-state index in [0.29, 0.717) is 0 Å². The Hall–Kier alpha value is -0.553. The van der Waals surface area contributed by atoms with Crippen LogP contribution in [-0.4, -0.2) is 14.7 Å². The summed E-state index contributed by atoms with van der Waals surface area (Å²) >= 11 is 0. The molecule has 0 bridgehead atoms. The van der Waals surface area contributed by atoms with Crippen LogP contribution in [0.2, 0.25) is 13.1 Å². The maximum Gasteiger partial charge on any atom is 0.527 e. The molecular weight excluding hydrogens is 128 g/mol. The summed E-state index contributed by atoms with van der Waals surface area (Å²) in [6, 6.07) is 0. The monoisotopic (exact) mass is 134 g/mol. The molecule has 5 heteroatoms. The van der Waals surface area contributed by atoms with Crippen LogP contribution in [0.5, 0.6) is 0 Å². The molecule has 0 spiro atoms. The molecule has 0 atom stereocenters. The van der Waals surface area contributed by atoms with Gasteiger partial charge in [-0.15, -0.1) is 0 Å². The first-order chi connectivity index (χ1) is 3.60. The first-order valence-electron chi connectivity index (χ1n) is 2.19. The quantitative estimate of drug-likeness (QED) is 0.363. The maximum absolute atomic E-state index is 10.1. The van der Waals surface area contributed by atoms with Gasteiger partial charge in [0, 0.05) is 0 Å². The second kappa shape index (κ2) is 1.46. The molecule has 0 aromatic carbocycles. The van der Waals surface area contributed by atoms with Crippen molar-refractivity contribution < 1.29 is 18.7 Å². The number of rotatable bonds is 0. The molecule has 0 radical (unpaired) electrons. The third kappa shape index (κ3) is 0.987. The van der Waals surface area contributed by atoms with E-state index in [4.69, 9.17) is 0 Å². The van der Waals surface area contributed by atoms with E-state index in [9.17, 15) is 4.79 Å². The second-order valence-electron chi connectivity index (χ2n) is 1.92. The minimum Gasteiger partial charge on any atom is -0.458 e. The molecule has 46 valence electrons. The summed E-state index contributed by atoms with van der Waals surface area (Å²) in [4.78, 5) is 14.2. The lowest BCUT2D eigenvalue weighted by molar-refractivity contribution is -0.133. The highest BCUT2D eigenvalue weighted by Gasteiger charge is 2.40. The molecule has 0 amide bonds. The van der Waals surface area contributed by atoms with Gasteiger partial charge in [-0.25, -0.2) is 4.79 Å². The molecule has 0 saturated carbocycles. The van der Waals surface area contributed by atoms with Crippen molar-refractivity contribution in [2.75, 3.05) is 0 Å². The summed E-state index contributed by atoms with van der Waals surface area (Å²) in [6.45, 7) is 3.44. The van der Waals surface area contributed by atoms with Gasteiger partial charge in [0.25, 0.3) is 0 Å². The van der Waals surface area contributed by atoms with E-state index in [0.717, 1.165) is 0 Å². The lowest BCUT2D eigenvalue weighted by Crippen LogP contribution is -2.26. The van der Waals surface area contributed by atoms with Crippen LogP contribution in [-0.2, 0) is 13.9 Å². The van der Waals surface area contributed by atoms with Crippen LogP contribution in [0.4, 0.5) is 4.79 Å². The zero-order valence-electron chi connectivity index (χ0n) is 4.63. The van der Waals surface area contributed by atoms with E-state index < -0.39 is 14.7 Å². The average molecular weight is 134 g/mol. The molecule has 0 aliphatic carbocycles. The summed E-state index contributed by atoms with van der Waals surface area (Å²) in [6.07, 6.45) is -0.721. The SMILES string of the molecule is C[Si]1(C)OOC(=O)O1. The average Bonchev–Trinajstić information content (AvgIpc) is 1.82. The zero-order valence-corrected chi connectivity index (χ0v) is 5.63. The van der Waals surface area contributed by atoms with E-state index in [1.807, 2.05) is 0 Å². The van der Waals surface area contributed by atoms with Gasteiger partial charge < -0.3 is 4.43 Å². The molecule has 0 N–H and O–H groups in total. The van der Waals surface area contributed by atoms with Gasteiger partial charge >= 0.3 is 14.7 Å². The Morgan fingerprint density at radius 3 is 2.25 bits per heavy atom. The van der Waals surface area contributed by atoms with Crippen molar-refractivity contribution in [2.24, 2.45) is 0 Å². The van der Waals surface area contributed by atoms with E-state index in [1.54, 1.807) is 13.1 Å². The highest BCUT2D eigenvalue weighted by Crippen LogP contribution is 2.14. The fourth-order valence-electron chi connectivity index (χ4n) is 0.369. The highest BCUT2D eigenvalue weighted by molar-refractivity contribution is 6.66. The Bertz CT molecular complexity index is 120. The summed E-state index contributed by atoms with van der Waals surface area (Å²) in [5.74, 6) is 0. The van der Waals surface area contributed by atoms with Gasteiger partial charge in [-0.05, 0) is 13.1 Å².